The number of carboxylic acids is 1. The van der Waals surface area contributed by atoms with E-state index in [0.717, 1.165) is 73.3 Å². The number of piperidine rings is 1. The molecule has 0 saturated carbocycles. The summed E-state index contributed by atoms with van der Waals surface area (Å²) in [7, 11) is 3.31. The molecule has 0 aliphatic carbocycles. The van der Waals surface area contributed by atoms with E-state index in [4.69, 9.17) is 9.47 Å². The van der Waals surface area contributed by atoms with Crippen LogP contribution in [-0.2, 0) is 11.2 Å². The molecule has 4 rings (SSSR count). The van der Waals surface area contributed by atoms with Crippen LogP contribution in [0.15, 0.2) is 54.7 Å². The van der Waals surface area contributed by atoms with Gasteiger partial charge in [-0.25, -0.2) is 0 Å². The number of aromatic nitrogens is 1. The molecule has 3 atom stereocenters. The number of carbonyl (C=O) groups is 1. The zero-order chi connectivity index (χ0) is 26.2. The molecule has 1 aliphatic heterocycles. The predicted molar refractivity (Wildman–Crippen MR) is 144 cm³/mol. The van der Waals surface area contributed by atoms with Crippen molar-refractivity contribution in [2.24, 2.45) is 11.8 Å². The summed E-state index contributed by atoms with van der Waals surface area (Å²) in [6, 6.07) is 15.7. The second-order valence-electron chi connectivity index (χ2n) is 10.0. The summed E-state index contributed by atoms with van der Waals surface area (Å²) >= 11 is 0. The average molecular weight is 507 g/mol. The van der Waals surface area contributed by atoms with Gasteiger partial charge in [0, 0.05) is 24.5 Å². The summed E-state index contributed by atoms with van der Waals surface area (Å²) < 4.78 is 10.7. The fourth-order valence-electron chi connectivity index (χ4n) is 5.62. The lowest BCUT2D eigenvalue weighted by molar-refractivity contribution is -0.139. The van der Waals surface area contributed by atoms with Gasteiger partial charge in [0.25, 0.3) is 0 Å². The minimum Gasteiger partial charge on any atom is -0.497 e. The minimum absolute atomic E-state index is 0.0875. The molecule has 1 fully saturated rings. The highest BCUT2D eigenvalue weighted by Crippen LogP contribution is 2.35. The molecule has 37 heavy (non-hydrogen) atoms. The number of hydrogen-bond donors (Lipinski definition) is 2. The normalized spacial score (nSPS) is 19.0. The van der Waals surface area contributed by atoms with Crippen LogP contribution in [0.2, 0.25) is 0 Å². The minimum atomic E-state index is -0.749. The van der Waals surface area contributed by atoms with Gasteiger partial charge in [0.05, 0.1) is 25.8 Å². The summed E-state index contributed by atoms with van der Waals surface area (Å²) in [5.41, 5.74) is 2.92. The summed E-state index contributed by atoms with van der Waals surface area (Å²) in [5.74, 6) is 1.23. The monoisotopic (exact) mass is 506 g/mol. The standard InChI is InChI=1S/C30H38N2O5/c1-36-24-7-3-5-21(17-24)6-4-15-32-16-13-22(23(20-32)18-30(34)35)8-11-29(33)26-12-14-31-28-10-9-25(37-2)19-27(26)28/h3,5,7,9-10,12,14,17,19,22-23,29,33H,4,6,8,11,13,15-16,18,20H2,1-2H3,(H,34,35)/t22-,23+,29?/m1/s1. The Kier molecular flexibility index (Phi) is 9.36. The van der Waals surface area contributed by atoms with Gasteiger partial charge in [0.15, 0.2) is 0 Å². The highest BCUT2D eigenvalue weighted by molar-refractivity contribution is 5.83. The van der Waals surface area contributed by atoms with Gasteiger partial charge in [-0.1, -0.05) is 12.1 Å². The number of ether oxygens (including phenoxy) is 2. The fraction of sp³-hybridized carbons (Fsp3) is 0.467. The van der Waals surface area contributed by atoms with Crippen LogP contribution in [-0.4, -0.2) is 59.9 Å². The maximum Gasteiger partial charge on any atom is 0.303 e. The molecule has 198 valence electrons. The molecular weight excluding hydrogens is 468 g/mol. The molecule has 0 amide bonds. The van der Waals surface area contributed by atoms with Gasteiger partial charge in [-0.15, -0.1) is 0 Å². The van der Waals surface area contributed by atoms with E-state index in [9.17, 15) is 15.0 Å². The SMILES string of the molecule is COc1cccc(CCCN2CC[C@@H](CCC(O)c3ccnc4ccc(OC)cc34)[C@@H](CC(=O)O)C2)c1. The molecule has 2 N–H and O–H groups in total. The van der Waals surface area contributed by atoms with E-state index in [0.29, 0.717) is 6.42 Å². The van der Waals surface area contributed by atoms with Crippen molar-refractivity contribution in [1.82, 2.24) is 9.88 Å². The van der Waals surface area contributed by atoms with Gasteiger partial charge >= 0.3 is 5.97 Å². The first kappa shape index (κ1) is 26.9. The zero-order valence-corrected chi connectivity index (χ0v) is 21.8. The molecule has 2 aromatic carbocycles. The van der Waals surface area contributed by atoms with Gasteiger partial charge in [-0.2, -0.15) is 0 Å². The highest BCUT2D eigenvalue weighted by atomic mass is 16.5. The number of hydrogen-bond acceptors (Lipinski definition) is 6. The van der Waals surface area contributed by atoms with E-state index >= 15 is 0 Å². The van der Waals surface area contributed by atoms with Gasteiger partial charge in [0.1, 0.15) is 11.5 Å². The van der Waals surface area contributed by atoms with Crippen LogP contribution in [0.1, 0.15) is 49.3 Å². The van der Waals surface area contributed by atoms with E-state index in [1.807, 2.05) is 36.4 Å². The number of aliphatic carboxylic acids is 1. The van der Waals surface area contributed by atoms with Gasteiger partial charge in [-0.3, -0.25) is 9.78 Å². The molecule has 1 aliphatic rings. The lowest BCUT2D eigenvalue weighted by atomic mass is 9.79. The van der Waals surface area contributed by atoms with Crippen molar-refractivity contribution >= 4 is 16.9 Å². The summed E-state index contributed by atoms with van der Waals surface area (Å²) in [5, 5.41) is 21.5. The molecular formula is C30H38N2O5. The number of aliphatic hydroxyl groups is 1. The summed E-state index contributed by atoms with van der Waals surface area (Å²) in [4.78, 5) is 18.5. The second-order valence-corrected chi connectivity index (χ2v) is 10.0. The maximum atomic E-state index is 11.6. The summed E-state index contributed by atoms with van der Waals surface area (Å²) in [6.45, 7) is 2.71. The van der Waals surface area contributed by atoms with E-state index in [2.05, 4.69) is 22.0 Å². The zero-order valence-electron chi connectivity index (χ0n) is 21.8. The number of carboxylic acid groups (broad SMARTS) is 1. The Morgan fingerprint density at radius 2 is 1.92 bits per heavy atom. The number of nitrogens with zero attached hydrogens (tertiary/aromatic N) is 2. The van der Waals surface area contributed by atoms with E-state index in [-0.39, 0.29) is 18.3 Å². The molecule has 1 aromatic heterocycles. The Morgan fingerprint density at radius 1 is 1.11 bits per heavy atom. The molecule has 0 spiro atoms. The molecule has 2 heterocycles. The van der Waals surface area contributed by atoms with Crippen molar-refractivity contribution in [2.75, 3.05) is 33.9 Å². The molecule has 1 unspecified atom stereocenters. The smallest absolute Gasteiger partial charge is 0.303 e. The Bertz CT molecular complexity index is 1180. The van der Waals surface area contributed by atoms with Crippen LogP contribution >= 0.6 is 0 Å². The number of pyridine rings is 1. The highest BCUT2D eigenvalue weighted by Gasteiger charge is 2.31. The van der Waals surface area contributed by atoms with Gasteiger partial charge < -0.3 is 24.6 Å². The van der Waals surface area contributed by atoms with E-state index < -0.39 is 12.1 Å². The average Bonchev–Trinajstić information content (AvgIpc) is 2.91. The third-order valence-corrected chi connectivity index (χ3v) is 7.64. The van der Waals surface area contributed by atoms with Crippen LogP contribution in [0.25, 0.3) is 10.9 Å². The number of methoxy groups -OCH3 is 2. The van der Waals surface area contributed by atoms with Crippen LogP contribution < -0.4 is 9.47 Å². The number of fused-ring (bicyclic) bond motifs is 1. The number of aryl methyl sites for hydroxylation is 1. The van der Waals surface area contributed by atoms with Crippen molar-refractivity contribution in [3.63, 3.8) is 0 Å². The van der Waals surface area contributed by atoms with Gasteiger partial charge in [-0.05, 0) is 105 Å². The van der Waals surface area contributed by atoms with Crippen molar-refractivity contribution in [1.29, 1.82) is 0 Å². The fourth-order valence-corrected chi connectivity index (χ4v) is 5.62. The quantitative estimate of drug-likeness (QED) is 0.353. The summed E-state index contributed by atoms with van der Waals surface area (Å²) in [6.07, 6.45) is 5.59. The Hall–Kier alpha value is -3.16. The predicted octanol–water partition coefficient (Wildman–Crippen LogP) is 5.11. The number of aliphatic hydroxyl groups excluding tert-OH is 1. The number of rotatable bonds is 12. The molecule has 7 heteroatoms. The molecule has 7 nitrogen and oxygen atoms in total. The van der Waals surface area contributed by atoms with Crippen molar-refractivity contribution in [3.05, 3.63) is 65.9 Å². The Balaban J connectivity index is 1.34. The lowest BCUT2D eigenvalue weighted by Crippen LogP contribution is -2.42. The first-order chi connectivity index (χ1) is 18.0. The molecule has 0 radical (unpaired) electrons. The molecule has 0 bridgehead atoms. The van der Waals surface area contributed by atoms with Crippen molar-refractivity contribution < 1.29 is 24.5 Å². The first-order valence-corrected chi connectivity index (χ1v) is 13.1. The van der Waals surface area contributed by atoms with Crippen molar-refractivity contribution in [2.45, 2.75) is 44.6 Å². The van der Waals surface area contributed by atoms with Crippen LogP contribution in [0.3, 0.4) is 0 Å². The topological polar surface area (TPSA) is 92.1 Å². The van der Waals surface area contributed by atoms with Crippen LogP contribution in [0.4, 0.5) is 0 Å². The Morgan fingerprint density at radius 3 is 2.70 bits per heavy atom. The lowest BCUT2D eigenvalue weighted by Gasteiger charge is -2.38. The van der Waals surface area contributed by atoms with Crippen molar-refractivity contribution in [3.8, 4) is 11.5 Å². The number of likely N-dealkylation sites (tertiary alicyclic amines) is 1. The van der Waals surface area contributed by atoms with Gasteiger partial charge in [0.2, 0.25) is 0 Å². The third-order valence-electron chi connectivity index (χ3n) is 7.64. The van der Waals surface area contributed by atoms with E-state index in [1.54, 1.807) is 20.4 Å². The largest absolute Gasteiger partial charge is 0.497 e. The third kappa shape index (κ3) is 7.21. The Labute approximate surface area is 219 Å². The van der Waals surface area contributed by atoms with Crippen LogP contribution in [0, 0.1) is 11.8 Å². The number of benzene rings is 2. The second kappa shape index (κ2) is 12.9. The van der Waals surface area contributed by atoms with E-state index in [1.165, 1.54) is 5.56 Å². The molecule has 3 aromatic rings. The first-order valence-electron chi connectivity index (χ1n) is 13.1. The molecule has 1 saturated heterocycles. The van der Waals surface area contributed by atoms with Crippen LogP contribution in [0.5, 0.6) is 11.5 Å². The maximum absolute atomic E-state index is 11.6.